The van der Waals surface area contributed by atoms with Crippen LogP contribution in [-0.4, -0.2) is 0 Å². The summed E-state index contributed by atoms with van der Waals surface area (Å²) < 4.78 is 51.2. The Labute approximate surface area is 117 Å². The summed E-state index contributed by atoms with van der Waals surface area (Å²) in [5.41, 5.74) is 4.23. The molecule has 2 aromatic rings. The number of hydrogen-bond acceptors (Lipinski definition) is 2. The quantitative estimate of drug-likeness (QED) is 0.616. The van der Waals surface area contributed by atoms with Gasteiger partial charge in [-0.15, -0.1) is 0 Å². The van der Waals surface area contributed by atoms with E-state index in [2.05, 4.69) is 5.32 Å². The number of hydrogen-bond donors (Lipinski definition) is 2. The lowest BCUT2D eigenvalue weighted by Crippen LogP contribution is -2.09. The van der Waals surface area contributed by atoms with Crippen molar-refractivity contribution < 1.29 is 17.6 Å². The third-order valence-electron chi connectivity index (χ3n) is 2.57. The molecule has 0 fully saturated rings. The Morgan fingerprint density at radius 2 is 1.75 bits per heavy atom. The van der Waals surface area contributed by atoms with Crippen LogP contribution in [0, 0.1) is 5.82 Å². The molecule has 0 saturated heterocycles. The largest absolute Gasteiger partial charge is 0.418 e. The van der Waals surface area contributed by atoms with E-state index in [4.69, 9.17) is 17.3 Å². The molecule has 0 amide bonds. The maximum absolute atomic E-state index is 13.1. The summed E-state index contributed by atoms with van der Waals surface area (Å²) >= 11 is 5.83. The van der Waals surface area contributed by atoms with Crippen LogP contribution in [0.25, 0.3) is 0 Å². The van der Waals surface area contributed by atoms with Crippen molar-refractivity contribution in [2.45, 2.75) is 6.18 Å². The molecule has 0 aliphatic rings. The third-order valence-corrected chi connectivity index (χ3v) is 2.90. The summed E-state index contributed by atoms with van der Waals surface area (Å²) in [6.45, 7) is 0. The molecular weight excluding hydrogens is 296 g/mol. The fraction of sp³-hybridized carbons (Fsp3) is 0.0769. The molecule has 0 radical (unpaired) electrons. The molecule has 0 aromatic heterocycles. The highest BCUT2D eigenvalue weighted by atomic mass is 35.5. The van der Waals surface area contributed by atoms with E-state index in [0.717, 1.165) is 24.3 Å². The van der Waals surface area contributed by atoms with Crippen LogP contribution in [0.4, 0.5) is 34.6 Å². The first-order valence-electron chi connectivity index (χ1n) is 5.46. The molecule has 0 aliphatic carbocycles. The van der Waals surface area contributed by atoms with Gasteiger partial charge in [0.15, 0.2) is 0 Å². The lowest BCUT2D eigenvalue weighted by atomic mass is 10.1. The van der Waals surface area contributed by atoms with Crippen LogP contribution in [0.1, 0.15) is 5.56 Å². The van der Waals surface area contributed by atoms with E-state index in [0.29, 0.717) is 0 Å². The number of alkyl halides is 3. The van der Waals surface area contributed by atoms with Crippen molar-refractivity contribution in [3.8, 4) is 0 Å². The lowest BCUT2D eigenvalue weighted by molar-refractivity contribution is -0.136. The van der Waals surface area contributed by atoms with E-state index in [1.165, 1.54) is 12.1 Å². The van der Waals surface area contributed by atoms with Gasteiger partial charge in [-0.3, -0.25) is 0 Å². The van der Waals surface area contributed by atoms with Gasteiger partial charge in [0.2, 0.25) is 0 Å². The smallest absolute Gasteiger partial charge is 0.398 e. The predicted molar refractivity (Wildman–Crippen MR) is 70.5 cm³/mol. The molecule has 2 rings (SSSR count). The molecule has 0 unspecified atom stereocenters. The van der Waals surface area contributed by atoms with Crippen molar-refractivity contribution in [3.05, 3.63) is 52.8 Å². The van der Waals surface area contributed by atoms with Gasteiger partial charge in [-0.1, -0.05) is 11.6 Å². The second-order valence-electron chi connectivity index (χ2n) is 4.05. The minimum absolute atomic E-state index is 0.110. The number of anilines is 3. The molecule has 0 aliphatic heterocycles. The van der Waals surface area contributed by atoms with Crippen molar-refractivity contribution >= 4 is 28.7 Å². The average molecular weight is 305 g/mol. The lowest BCUT2D eigenvalue weighted by Gasteiger charge is -2.13. The summed E-state index contributed by atoms with van der Waals surface area (Å²) in [5.74, 6) is -0.552. The highest BCUT2D eigenvalue weighted by molar-refractivity contribution is 6.33. The van der Waals surface area contributed by atoms with Crippen LogP contribution in [-0.2, 0) is 6.18 Å². The molecule has 20 heavy (non-hydrogen) atoms. The third kappa shape index (κ3) is 3.14. The Bertz CT molecular complexity index is 641. The highest BCUT2D eigenvalue weighted by Crippen LogP contribution is 2.36. The zero-order chi connectivity index (χ0) is 14.9. The first-order chi connectivity index (χ1) is 9.27. The number of rotatable bonds is 2. The number of halogens is 5. The summed E-state index contributed by atoms with van der Waals surface area (Å²) in [5, 5.41) is 2.82. The highest BCUT2D eigenvalue weighted by Gasteiger charge is 2.33. The Kier molecular flexibility index (Phi) is 3.76. The summed E-state index contributed by atoms with van der Waals surface area (Å²) in [4.78, 5) is 0. The van der Waals surface area contributed by atoms with E-state index in [-0.39, 0.29) is 22.1 Å². The maximum atomic E-state index is 13.1. The summed E-state index contributed by atoms with van der Waals surface area (Å²) in [6, 6.07) is 6.87. The summed E-state index contributed by atoms with van der Waals surface area (Å²) in [6.07, 6.45) is -4.56. The standard InChI is InChI=1S/C13H9ClF4N2/c14-10-3-1-7(15)5-12(10)20-8-2-4-11(19)9(6-8)13(16,17)18/h1-6,20H,19H2. The topological polar surface area (TPSA) is 38.0 Å². The van der Waals surface area contributed by atoms with Crippen LogP contribution >= 0.6 is 11.6 Å². The first-order valence-corrected chi connectivity index (χ1v) is 5.84. The van der Waals surface area contributed by atoms with Crippen molar-refractivity contribution in [1.29, 1.82) is 0 Å². The van der Waals surface area contributed by atoms with Crippen molar-refractivity contribution in [3.63, 3.8) is 0 Å². The molecule has 0 saturated carbocycles. The van der Waals surface area contributed by atoms with Gasteiger partial charge in [0.25, 0.3) is 0 Å². The molecular formula is C13H9ClF4N2. The number of nitrogens with one attached hydrogen (secondary N) is 1. The van der Waals surface area contributed by atoms with Crippen molar-refractivity contribution in [2.75, 3.05) is 11.1 Å². The molecule has 3 N–H and O–H groups in total. The van der Waals surface area contributed by atoms with Gasteiger partial charge in [-0.05, 0) is 36.4 Å². The molecule has 2 aromatic carbocycles. The molecule has 2 nitrogen and oxygen atoms in total. The number of nitrogens with two attached hydrogens (primary N) is 1. The SMILES string of the molecule is Nc1ccc(Nc2cc(F)ccc2Cl)cc1C(F)(F)F. The van der Waals surface area contributed by atoms with E-state index in [9.17, 15) is 17.6 Å². The maximum Gasteiger partial charge on any atom is 0.418 e. The minimum Gasteiger partial charge on any atom is -0.398 e. The van der Waals surface area contributed by atoms with Gasteiger partial charge in [0.05, 0.1) is 16.3 Å². The van der Waals surface area contributed by atoms with E-state index in [1.54, 1.807) is 0 Å². The van der Waals surface area contributed by atoms with Crippen LogP contribution < -0.4 is 11.1 Å². The van der Waals surface area contributed by atoms with Gasteiger partial charge >= 0.3 is 6.18 Å². The normalized spacial score (nSPS) is 11.4. The number of benzene rings is 2. The van der Waals surface area contributed by atoms with Crippen LogP contribution in [0.3, 0.4) is 0 Å². The van der Waals surface area contributed by atoms with Crippen LogP contribution in [0.15, 0.2) is 36.4 Å². The van der Waals surface area contributed by atoms with E-state index >= 15 is 0 Å². The zero-order valence-corrected chi connectivity index (χ0v) is 10.7. The average Bonchev–Trinajstić information content (AvgIpc) is 2.35. The van der Waals surface area contributed by atoms with Crippen molar-refractivity contribution in [1.82, 2.24) is 0 Å². The molecule has 0 bridgehead atoms. The Hall–Kier alpha value is -1.95. The van der Waals surface area contributed by atoms with Gasteiger partial charge in [0.1, 0.15) is 5.82 Å². The fourth-order valence-electron chi connectivity index (χ4n) is 1.63. The Morgan fingerprint density at radius 1 is 1.05 bits per heavy atom. The summed E-state index contributed by atoms with van der Waals surface area (Å²) in [7, 11) is 0. The molecule has 7 heteroatoms. The number of nitrogen functional groups attached to an aromatic ring is 1. The molecule has 0 atom stereocenters. The van der Waals surface area contributed by atoms with Crippen molar-refractivity contribution in [2.24, 2.45) is 0 Å². The van der Waals surface area contributed by atoms with Gasteiger partial charge in [-0.2, -0.15) is 13.2 Å². The van der Waals surface area contributed by atoms with Crippen LogP contribution in [0.2, 0.25) is 5.02 Å². The zero-order valence-electron chi connectivity index (χ0n) is 9.93. The molecule has 0 spiro atoms. The van der Waals surface area contributed by atoms with Gasteiger partial charge < -0.3 is 11.1 Å². The Morgan fingerprint density at radius 3 is 2.40 bits per heavy atom. The fourth-order valence-corrected chi connectivity index (χ4v) is 1.79. The monoisotopic (exact) mass is 304 g/mol. The Balaban J connectivity index is 2.37. The minimum atomic E-state index is -4.56. The van der Waals surface area contributed by atoms with E-state index < -0.39 is 17.6 Å². The van der Waals surface area contributed by atoms with E-state index in [1.807, 2.05) is 0 Å². The van der Waals surface area contributed by atoms with Gasteiger partial charge in [0, 0.05) is 11.4 Å². The molecule has 0 heterocycles. The molecule has 106 valence electrons. The second-order valence-corrected chi connectivity index (χ2v) is 4.46. The predicted octanol–water partition coefficient (Wildman–Crippen LogP) is 4.82. The second kappa shape index (κ2) is 5.20. The van der Waals surface area contributed by atoms with Crippen LogP contribution in [0.5, 0.6) is 0 Å². The first kappa shape index (κ1) is 14.5. The van der Waals surface area contributed by atoms with Gasteiger partial charge in [-0.25, -0.2) is 4.39 Å².